The van der Waals surface area contributed by atoms with Crippen molar-refractivity contribution in [3.8, 4) is 11.6 Å². The summed E-state index contributed by atoms with van der Waals surface area (Å²) in [6.45, 7) is 4.95. The molecule has 2 aromatic heterocycles. The molecule has 0 saturated heterocycles. The van der Waals surface area contributed by atoms with E-state index in [2.05, 4.69) is 25.2 Å². The van der Waals surface area contributed by atoms with E-state index >= 15 is 0 Å². The van der Waals surface area contributed by atoms with Crippen molar-refractivity contribution in [3.05, 3.63) is 78.5 Å². The van der Waals surface area contributed by atoms with Gasteiger partial charge in [0.1, 0.15) is 11.6 Å². The van der Waals surface area contributed by atoms with Crippen LogP contribution in [0.3, 0.4) is 0 Å². The average molecular weight is 381 g/mol. The highest BCUT2D eigenvalue weighted by Gasteiger charge is 2.02. The molecular weight excluding hydrogens is 357 g/mol. The summed E-state index contributed by atoms with van der Waals surface area (Å²) in [5, 5.41) is 6.55. The van der Waals surface area contributed by atoms with E-state index in [9.17, 15) is 4.39 Å². The summed E-state index contributed by atoms with van der Waals surface area (Å²) >= 11 is 0. The second-order valence-electron chi connectivity index (χ2n) is 6.11. The Bertz CT molecular complexity index is 878. The first kappa shape index (κ1) is 19.4. The van der Waals surface area contributed by atoms with Crippen molar-refractivity contribution in [3.63, 3.8) is 0 Å². The van der Waals surface area contributed by atoms with Crippen LogP contribution in [0.15, 0.2) is 72.1 Å². The van der Waals surface area contributed by atoms with E-state index in [1.807, 2.05) is 37.5 Å². The smallest absolute Gasteiger partial charge is 0.219 e. The molecule has 3 rings (SSSR count). The normalized spacial score (nSPS) is 11.3. The molecule has 3 aromatic rings. The number of halogens is 1. The number of aliphatic imine (C=N–C) groups is 1. The predicted octanol–water partition coefficient (Wildman–Crippen LogP) is 3.57. The second-order valence-corrected chi connectivity index (χ2v) is 6.11. The molecule has 0 bridgehead atoms. The molecule has 0 aliphatic heterocycles. The summed E-state index contributed by atoms with van der Waals surface area (Å²) < 4.78 is 20.9. The molecule has 0 spiro atoms. The first-order chi connectivity index (χ1) is 13.7. The first-order valence-corrected chi connectivity index (χ1v) is 9.24. The van der Waals surface area contributed by atoms with Crippen LogP contribution < -0.4 is 15.4 Å². The van der Waals surface area contributed by atoms with Gasteiger partial charge in [-0.1, -0.05) is 12.1 Å². The third kappa shape index (κ3) is 6.12. The number of hydrogen-bond acceptors (Lipinski definition) is 3. The lowest BCUT2D eigenvalue weighted by atomic mass is 10.3. The Morgan fingerprint density at radius 2 is 2.00 bits per heavy atom. The molecular formula is C21H24FN5O. The molecule has 0 radical (unpaired) electrons. The molecule has 0 amide bonds. The zero-order valence-electron chi connectivity index (χ0n) is 15.8. The van der Waals surface area contributed by atoms with Crippen LogP contribution in [0, 0.1) is 5.82 Å². The van der Waals surface area contributed by atoms with Gasteiger partial charge in [-0.15, -0.1) is 0 Å². The molecule has 0 saturated carbocycles. The van der Waals surface area contributed by atoms with Gasteiger partial charge in [0.2, 0.25) is 5.88 Å². The Kier molecular flexibility index (Phi) is 7.01. The van der Waals surface area contributed by atoms with Gasteiger partial charge >= 0.3 is 0 Å². The minimum absolute atomic E-state index is 0.344. The zero-order chi connectivity index (χ0) is 19.6. The SMILES string of the molecule is CCNC(=NCc1ccc(Oc2cccc(F)c2)nc1)NCCn1cccc1. The van der Waals surface area contributed by atoms with Crippen molar-refractivity contribution in [2.75, 3.05) is 13.1 Å². The molecule has 0 unspecified atom stereocenters. The lowest BCUT2D eigenvalue weighted by Gasteiger charge is -2.12. The van der Waals surface area contributed by atoms with Crippen molar-refractivity contribution in [2.24, 2.45) is 4.99 Å². The minimum atomic E-state index is -0.344. The molecule has 0 fully saturated rings. The van der Waals surface area contributed by atoms with Gasteiger partial charge in [-0.3, -0.25) is 0 Å². The maximum Gasteiger partial charge on any atom is 0.219 e. The van der Waals surface area contributed by atoms with Crippen molar-refractivity contribution >= 4 is 5.96 Å². The van der Waals surface area contributed by atoms with Crippen LogP contribution in [0.1, 0.15) is 12.5 Å². The van der Waals surface area contributed by atoms with E-state index in [4.69, 9.17) is 4.74 Å². The Hall–Kier alpha value is -3.35. The number of hydrogen-bond donors (Lipinski definition) is 2. The fourth-order valence-corrected chi connectivity index (χ4v) is 2.55. The Morgan fingerprint density at radius 3 is 2.71 bits per heavy atom. The molecule has 1 aromatic carbocycles. The number of aromatic nitrogens is 2. The van der Waals surface area contributed by atoms with E-state index in [1.54, 1.807) is 24.4 Å². The highest BCUT2D eigenvalue weighted by Crippen LogP contribution is 2.20. The second kappa shape index (κ2) is 10.1. The number of pyridine rings is 1. The van der Waals surface area contributed by atoms with Crippen LogP contribution in [-0.2, 0) is 13.1 Å². The Balaban J connectivity index is 1.53. The molecule has 0 aliphatic rings. The van der Waals surface area contributed by atoms with Gasteiger partial charge in [-0.2, -0.15) is 0 Å². The quantitative estimate of drug-likeness (QED) is 0.463. The molecule has 146 valence electrons. The topological polar surface area (TPSA) is 63.5 Å². The highest BCUT2D eigenvalue weighted by atomic mass is 19.1. The number of nitrogens with zero attached hydrogens (tertiary/aromatic N) is 3. The first-order valence-electron chi connectivity index (χ1n) is 9.24. The Morgan fingerprint density at radius 1 is 1.14 bits per heavy atom. The molecule has 0 aliphatic carbocycles. The van der Waals surface area contributed by atoms with Gasteiger partial charge in [0.05, 0.1) is 6.54 Å². The van der Waals surface area contributed by atoms with Gasteiger partial charge in [0.15, 0.2) is 5.96 Å². The van der Waals surface area contributed by atoms with Gasteiger partial charge < -0.3 is 19.9 Å². The number of guanidine groups is 1. The van der Waals surface area contributed by atoms with Gasteiger partial charge in [-0.05, 0) is 36.8 Å². The maximum atomic E-state index is 13.2. The molecule has 0 atom stereocenters. The van der Waals surface area contributed by atoms with E-state index in [0.29, 0.717) is 18.2 Å². The van der Waals surface area contributed by atoms with Crippen molar-refractivity contribution in [2.45, 2.75) is 20.0 Å². The van der Waals surface area contributed by atoms with E-state index in [0.717, 1.165) is 31.2 Å². The van der Waals surface area contributed by atoms with Crippen LogP contribution in [0.25, 0.3) is 0 Å². The number of benzene rings is 1. The molecule has 7 heteroatoms. The van der Waals surface area contributed by atoms with Gasteiger partial charge in [0, 0.05) is 50.4 Å². The highest BCUT2D eigenvalue weighted by molar-refractivity contribution is 5.79. The van der Waals surface area contributed by atoms with Crippen LogP contribution in [0.2, 0.25) is 0 Å². The third-order valence-corrected chi connectivity index (χ3v) is 3.91. The van der Waals surface area contributed by atoms with Crippen molar-refractivity contribution in [1.29, 1.82) is 0 Å². The van der Waals surface area contributed by atoms with Gasteiger partial charge in [-0.25, -0.2) is 14.4 Å². The lowest BCUT2D eigenvalue weighted by molar-refractivity contribution is 0.457. The van der Waals surface area contributed by atoms with Crippen molar-refractivity contribution in [1.82, 2.24) is 20.2 Å². The maximum absolute atomic E-state index is 13.2. The van der Waals surface area contributed by atoms with E-state index < -0.39 is 0 Å². The average Bonchev–Trinajstić information content (AvgIpc) is 3.21. The fraction of sp³-hybridized carbons (Fsp3) is 0.238. The van der Waals surface area contributed by atoms with Crippen LogP contribution >= 0.6 is 0 Å². The van der Waals surface area contributed by atoms with Crippen molar-refractivity contribution < 1.29 is 9.13 Å². The predicted molar refractivity (Wildman–Crippen MR) is 108 cm³/mol. The summed E-state index contributed by atoms with van der Waals surface area (Å²) in [5.41, 5.74) is 0.953. The number of rotatable bonds is 8. The molecule has 2 heterocycles. The lowest BCUT2D eigenvalue weighted by Crippen LogP contribution is -2.38. The monoisotopic (exact) mass is 381 g/mol. The molecule has 6 nitrogen and oxygen atoms in total. The summed E-state index contributed by atoms with van der Waals surface area (Å²) in [6.07, 6.45) is 5.78. The summed E-state index contributed by atoms with van der Waals surface area (Å²) in [6, 6.07) is 13.6. The fourth-order valence-electron chi connectivity index (χ4n) is 2.55. The molecule has 28 heavy (non-hydrogen) atoms. The van der Waals surface area contributed by atoms with Crippen LogP contribution in [0.4, 0.5) is 4.39 Å². The third-order valence-electron chi connectivity index (χ3n) is 3.91. The van der Waals surface area contributed by atoms with Gasteiger partial charge in [0.25, 0.3) is 0 Å². The number of nitrogens with one attached hydrogen (secondary N) is 2. The largest absolute Gasteiger partial charge is 0.439 e. The van der Waals surface area contributed by atoms with E-state index in [1.165, 1.54) is 12.1 Å². The number of ether oxygens (including phenoxy) is 1. The summed E-state index contributed by atoms with van der Waals surface area (Å²) in [7, 11) is 0. The van der Waals surface area contributed by atoms with Crippen LogP contribution in [-0.4, -0.2) is 28.6 Å². The zero-order valence-corrected chi connectivity index (χ0v) is 15.8. The molecule has 2 N–H and O–H groups in total. The summed E-state index contributed by atoms with van der Waals surface area (Å²) in [5.74, 6) is 1.24. The van der Waals surface area contributed by atoms with Crippen LogP contribution in [0.5, 0.6) is 11.6 Å². The minimum Gasteiger partial charge on any atom is -0.439 e. The standard InChI is InChI=1S/C21H24FN5O/c1-2-23-21(24-10-13-27-11-3-4-12-27)26-16-17-8-9-20(25-15-17)28-19-7-5-6-18(22)14-19/h3-9,11-12,14-15H,2,10,13,16H2,1H3,(H2,23,24,26). The summed E-state index contributed by atoms with van der Waals surface area (Å²) in [4.78, 5) is 8.85. The van der Waals surface area contributed by atoms with E-state index in [-0.39, 0.29) is 5.82 Å². The Labute approximate surface area is 164 Å².